The molecule has 1 aliphatic rings. The highest BCUT2D eigenvalue weighted by molar-refractivity contribution is 7.66. The summed E-state index contributed by atoms with van der Waals surface area (Å²) in [6.07, 6.45) is 3.59. The average Bonchev–Trinajstić information content (AvgIpc) is 2.80. The Bertz CT molecular complexity index is 536. The Labute approximate surface area is 156 Å². The minimum atomic E-state index is -2.87. The molecular formula is C19H38N2O2P2. The third-order valence-electron chi connectivity index (χ3n) is 4.80. The molecule has 0 N–H and O–H groups in total. The van der Waals surface area contributed by atoms with Crippen molar-refractivity contribution in [3.05, 3.63) is 19.1 Å². The maximum atomic E-state index is 14.1. The van der Waals surface area contributed by atoms with Gasteiger partial charge in [-0.2, -0.15) is 0 Å². The zero-order chi connectivity index (χ0) is 20.3. The second-order valence-electron chi connectivity index (χ2n) is 10.9. The zero-order valence-electron chi connectivity index (χ0n) is 18.3. The van der Waals surface area contributed by atoms with Gasteiger partial charge in [-0.1, -0.05) is 83.1 Å². The van der Waals surface area contributed by atoms with E-state index in [0.717, 1.165) is 0 Å². The van der Waals surface area contributed by atoms with Gasteiger partial charge in [0, 0.05) is 33.0 Å². The highest BCUT2D eigenvalue weighted by atomic mass is 31.2. The van der Waals surface area contributed by atoms with Crippen LogP contribution in [0.15, 0.2) is 12.4 Å². The van der Waals surface area contributed by atoms with Gasteiger partial charge in [-0.3, -0.25) is 18.5 Å². The van der Waals surface area contributed by atoms with Gasteiger partial charge in [0.15, 0.2) is 14.6 Å². The van der Waals surface area contributed by atoms with Crippen LogP contribution in [0.1, 0.15) is 83.1 Å². The van der Waals surface area contributed by atoms with E-state index in [1.165, 1.54) is 0 Å². The van der Waals surface area contributed by atoms with Crippen molar-refractivity contribution in [1.29, 1.82) is 0 Å². The normalized spacial score (nSPS) is 18.2. The summed E-state index contributed by atoms with van der Waals surface area (Å²) in [7, 11) is -5.75. The van der Waals surface area contributed by atoms with E-state index in [2.05, 4.69) is 6.67 Å². The minimum absolute atomic E-state index is 0.425. The largest absolute Gasteiger partial charge is 0.299 e. The molecule has 25 heavy (non-hydrogen) atoms. The lowest BCUT2D eigenvalue weighted by Crippen LogP contribution is -2.39. The monoisotopic (exact) mass is 388 g/mol. The molecule has 4 nitrogen and oxygen atoms in total. The number of hydrogen-bond acceptors (Lipinski definition) is 2. The zero-order valence-corrected chi connectivity index (χ0v) is 20.0. The van der Waals surface area contributed by atoms with E-state index in [0.29, 0.717) is 0 Å². The standard InChI is InChI=1S/C19H38N2O2P2/c1-16(2,3)24(22,17(4,5)6)20-13-14-21(15-20)25(23,18(7,8)9)19(10,11)12/h13-14H,1-12H3. The number of rotatable bonds is 2. The third-order valence-corrected chi connectivity index (χ3v) is 13.7. The molecule has 0 aliphatic carbocycles. The van der Waals surface area contributed by atoms with Crippen molar-refractivity contribution >= 4 is 14.6 Å². The van der Waals surface area contributed by atoms with Gasteiger partial charge in [0.1, 0.15) is 0 Å². The van der Waals surface area contributed by atoms with E-state index in [1.807, 2.05) is 83.1 Å². The summed E-state index contributed by atoms with van der Waals surface area (Å²) in [6, 6.07) is 0. The molecule has 2 radical (unpaired) electrons. The fourth-order valence-corrected chi connectivity index (χ4v) is 11.5. The molecule has 6 heteroatoms. The van der Waals surface area contributed by atoms with Crippen LogP contribution in [0.25, 0.3) is 0 Å². The van der Waals surface area contributed by atoms with E-state index in [-0.39, 0.29) is 0 Å². The Balaban J connectivity index is 3.41. The van der Waals surface area contributed by atoms with Crippen molar-refractivity contribution in [3.8, 4) is 0 Å². The van der Waals surface area contributed by atoms with E-state index >= 15 is 0 Å². The lowest BCUT2D eigenvalue weighted by atomic mass is 10.2. The van der Waals surface area contributed by atoms with Crippen LogP contribution < -0.4 is 0 Å². The molecule has 0 atom stereocenters. The Morgan fingerprint density at radius 3 is 0.920 bits per heavy atom. The quantitative estimate of drug-likeness (QED) is 0.487. The lowest BCUT2D eigenvalue weighted by Gasteiger charge is -2.48. The lowest BCUT2D eigenvalue weighted by molar-refractivity contribution is 0.426. The van der Waals surface area contributed by atoms with E-state index in [9.17, 15) is 9.13 Å². The first-order chi connectivity index (χ1) is 10.7. The van der Waals surface area contributed by atoms with Gasteiger partial charge < -0.3 is 0 Å². The van der Waals surface area contributed by atoms with Crippen LogP contribution in [0.4, 0.5) is 0 Å². The summed E-state index contributed by atoms with van der Waals surface area (Å²) in [4.78, 5) is 0. The van der Waals surface area contributed by atoms with Crippen molar-refractivity contribution in [2.75, 3.05) is 0 Å². The van der Waals surface area contributed by atoms with Crippen LogP contribution in [0.2, 0.25) is 0 Å². The molecule has 0 bridgehead atoms. The fraction of sp³-hybridized carbons (Fsp3) is 0.842. The maximum Gasteiger partial charge on any atom is 0.219 e. The molecule has 0 aromatic carbocycles. The highest BCUT2D eigenvalue weighted by Crippen LogP contribution is 2.75. The van der Waals surface area contributed by atoms with Gasteiger partial charge in [0.2, 0.25) is 6.67 Å². The van der Waals surface area contributed by atoms with Gasteiger partial charge in [-0.25, -0.2) is 0 Å². The number of hydrogen-bond donors (Lipinski definition) is 0. The first-order valence-electron chi connectivity index (χ1n) is 8.96. The Hall–Kier alpha value is -0.200. The smallest absolute Gasteiger partial charge is 0.219 e. The summed E-state index contributed by atoms with van der Waals surface area (Å²) < 4.78 is 31.7. The van der Waals surface area contributed by atoms with Crippen molar-refractivity contribution in [1.82, 2.24) is 9.34 Å². The van der Waals surface area contributed by atoms with Crippen LogP contribution in [0.3, 0.4) is 0 Å². The first-order valence-corrected chi connectivity index (χ1v) is 12.3. The SMILES string of the molecule is CC(C)(C)P(=O)(N1[C]N(P(=O)(C(C)(C)C)C(C)(C)C)C=C1)C(C)(C)C. The predicted molar refractivity (Wildman–Crippen MR) is 110 cm³/mol. The van der Waals surface area contributed by atoms with Crippen LogP contribution in [-0.2, 0) is 9.13 Å². The van der Waals surface area contributed by atoms with Crippen LogP contribution in [-0.4, -0.2) is 30.0 Å². The molecule has 0 fully saturated rings. The summed E-state index contributed by atoms with van der Waals surface area (Å²) in [5.41, 5.74) is 0. The number of nitrogens with zero attached hydrogens (tertiary/aromatic N) is 2. The fourth-order valence-electron chi connectivity index (χ4n) is 3.92. The molecule has 0 amide bonds. The van der Waals surface area contributed by atoms with Gasteiger partial charge in [0.05, 0.1) is 0 Å². The van der Waals surface area contributed by atoms with E-state index in [4.69, 9.17) is 0 Å². The Morgan fingerprint density at radius 1 is 0.560 bits per heavy atom. The summed E-state index contributed by atoms with van der Waals surface area (Å²) >= 11 is 0. The average molecular weight is 388 g/mol. The van der Waals surface area contributed by atoms with Gasteiger partial charge >= 0.3 is 0 Å². The summed E-state index contributed by atoms with van der Waals surface area (Å²) in [5, 5.41) is -1.70. The Morgan fingerprint density at radius 2 is 0.760 bits per heavy atom. The summed E-state index contributed by atoms with van der Waals surface area (Å²) in [6.45, 7) is 27.3. The second kappa shape index (κ2) is 6.16. The van der Waals surface area contributed by atoms with Crippen molar-refractivity contribution < 1.29 is 9.13 Å². The molecule has 1 aliphatic heterocycles. The summed E-state index contributed by atoms with van der Waals surface area (Å²) in [5.74, 6) is 0. The molecule has 0 aromatic rings. The molecule has 0 unspecified atom stereocenters. The van der Waals surface area contributed by atoms with Gasteiger partial charge in [-0.05, 0) is 0 Å². The second-order valence-corrected chi connectivity index (χ2v) is 19.5. The molecular weight excluding hydrogens is 350 g/mol. The molecule has 0 aromatic heterocycles. The van der Waals surface area contributed by atoms with Crippen molar-refractivity contribution in [2.45, 2.75) is 104 Å². The molecule has 146 valence electrons. The predicted octanol–water partition coefficient (Wildman–Crippen LogP) is 6.82. The van der Waals surface area contributed by atoms with E-state index in [1.54, 1.807) is 21.7 Å². The minimum Gasteiger partial charge on any atom is -0.299 e. The molecule has 1 rings (SSSR count). The first kappa shape index (κ1) is 22.8. The molecule has 0 spiro atoms. The van der Waals surface area contributed by atoms with Crippen LogP contribution in [0.5, 0.6) is 0 Å². The van der Waals surface area contributed by atoms with Gasteiger partial charge in [-0.15, -0.1) is 0 Å². The highest BCUT2D eigenvalue weighted by Gasteiger charge is 2.56. The Kier molecular flexibility index (Phi) is 5.63. The molecule has 1 heterocycles. The van der Waals surface area contributed by atoms with Crippen LogP contribution in [0, 0.1) is 6.67 Å². The third kappa shape index (κ3) is 3.51. The topological polar surface area (TPSA) is 40.6 Å². The molecule has 0 saturated carbocycles. The molecule has 0 saturated heterocycles. The van der Waals surface area contributed by atoms with Crippen molar-refractivity contribution in [2.24, 2.45) is 0 Å². The maximum absolute atomic E-state index is 14.1. The van der Waals surface area contributed by atoms with Crippen LogP contribution >= 0.6 is 14.6 Å². The van der Waals surface area contributed by atoms with Gasteiger partial charge in [0.25, 0.3) is 0 Å². The van der Waals surface area contributed by atoms with Crippen molar-refractivity contribution in [3.63, 3.8) is 0 Å². The van der Waals surface area contributed by atoms with E-state index < -0.39 is 35.2 Å².